The third-order valence-electron chi connectivity index (χ3n) is 5.49. The maximum absolute atomic E-state index is 5.34. The summed E-state index contributed by atoms with van der Waals surface area (Å²) in [4.78, 5) is 4.74. The second kappa shape index (κ2) is 7.83. The van der Waals surface area contributed by atoms with Crippen LogP contribution in [0.25, 0.3) is 11.3 Å². The molecule has 1 aliphatic rings. The van der Waals surface area contributed by atoms with Crippen molar-refractivity contribution in [1.29, 1.82) is 0 Å². The van der Waals surface area contributed by atoms with E-state index >= 15 is 0 Å². The second-order valence-electron chi connectivity index (χ2n) is 7.17. The average molecular weight is 323 g/mol. The molecule has 128 valence electrons. The van der Waals surface area contributed by atoms with Crippen LogP contribution >= 0.6 is 0 Å². The van der Waals surface area contributed by atoms with Gasteiger partial charge in [0.25, 0.3) is 0 Å². The van der Waals surface area contributed by atoms with Gasteiger partial charge in [0.2, 0.25) is 0 Å². The number of benzene rings is 1. The van der Waals surface area contributed by atoms with E-state index in [1.165, 1.54) is 44.1 Å². The topological polar surface area (TPSA) is 22.1 Å². The molecule has 0 unspecified atom stereocenters. The van der Waals surface area contributed by atoms with E-state index in [2.05, 4.69) is 44.3 Å². The number of pyridine rings is 1. The summed E-state index contributed by atoms with van der Waals surface area (Å²) in [6.45, 7) is 4.38. The minimum atomic E-state index is 0.706. The number of methoxy groups -OCH3 is 1. The third kappa shape index (κ3) is 3.80. The highest BCUT2D eigenvalue weighted by Crippen LogP contribution is 2.37. The Morgan fingerprint density at radius 2 is 1.88 bits per heavy atom. The van der Waals surface area contributed by atoms with Crippen molar-refractivity contribution in [3.8, 4) is 17.0 Å². The van der Waals surface area contributed by atoms with Gasteiger partial charge < -0.3 is 4.74 Å². The fraction of sp³-hybridized carbons (Fsp3) is 0.500. The van der Waals surface area contributed by atoms with Crippen molar-refractivity contribution in [3.05, 3.63) is 47.7 Å². The summed E-state index contributed by atoms with van der Waals surface area (Å²) in [5.41, 5.74) is 4.77. The van der Waals surface area contributed by atoms with Crippen LogP contribution in [0, 0.1) is 12.8 Å². The van der Waals surface area contributed by atoms with Gasteiger partial charge in [0.05, 0.1) is 12.8 Å². The van der Waals surface area contributed by atoms with E-state index in [1.807, 2.05) is 6.07 Å². The number of ether oxygens (including phenoxy) is 1. The summed E-state index contributed by atoms with van der Waals surface area (Å²) in [5.74, 6) is 2.59. The maximum atomic E-state index is 5.34. The highest BCUT2D eigenvalue weighted by Gasteiger charge is 2.22. The maximum Gasteiger partial charge on any atom is 0.121 e. The summed E-state index contributed by atoms with van der Waals surface area (Å²) in [5, 5.41) is 0. The molecule has 1 heterocycles. The third-order valence-corrected chi connectivity index (χ3v) is 5.49. The van der Waals surface area contributed by atoms with Crippen molar-refractivity contribution in [1.82, 2.24) is 4.98 Å². The van der Waals surface area contributed by atoms with Crippen LogP contribution in [0.3, 0.4) is 0 Å². The van der Waals surface area contributed by atoms with Gasteiger partial charge in [0, 0.05) is 11.8 Å². The van der Waals surface area contributed by atoms with E-state index in [0.29, 0.717) is 5.92 Å². The molecule has 0 bridgehead atoms. The summed E-state index contributed by atoms with van der Waals surface area (Å²) >= 11 is 0. The van der Waals surface area contributed by atoms with E-state index in [4.69, 9.17) is 9.72 Å². The zero-order valence-electron chi connectivity index (χ0n) is 15.2. The Kier molecular flexibility index (Phi) is 5.55. The smallest absolute Gasteiger partial charge is 0.121 e. The average Bonchev–Trinajstić information content (AvgIpc) is 2.63. The molecule has 0 atom stereocenters. The molecule has 24 heavy (non-hydrogen) atoms. The largest absolute Gasteiger partial charge is 0.496 e. The van der Waals surface area contributed by atoms with E-state index in [1.54, 1.807) is 7.11 Å². The fourth-order valence-electron chi connectivity index (χ4n) is 4.05. The van der Waals surface area contributed by atoms with Gasteiger partial charge >= 0.3 is 0 Å². The molecule has 0 aliphatic heterocycles. The molecule has 0 N–H and O–H groups in total. The van der Waals surface area contributed by atoms with Gasteiger partial charge in [-0.1, -0.05) is 25.8 Å². The number of rotatable bonds is 5. The molecule has 1 saturated carbocycles. The minimum Gasteiger partial charge on any atom is -0.496 e. The van der Waals surface area contributed by atoms with Crippen LogP contribution in [0.2, 0.25) is 0 Å². The van der Waals surface area contributed by atoms with Gasteiger partial charge in [-0.25, -0.2) is 0 Å². The van der Waals surface area contributed by atoms with Gasteiger partial charge in [0.15, 0.2) is 0 Å². The first-order valence-corrected chi connectivity index (χ1v) is 9.32. The summed E-state index contributed by atoms with van der Waals surface area (Å²) < 4.78 is 5.34. The highest BCUT2D eigenvalue weighted by molar-refractivity contribution is 5.62. The molecule has 0 saturated heterocycles. The Bertz CT molecular complexity index is 654. The molecule has 1 aromatic heterocycles. The van der Waals surface area contributed by atoms with E-state index in [0.717, 1.165) is 28.5 Å². The first-order chi connectivity index (χ1) is 11.7. The number of nitrogens with zero attached hydrogens (tertiary/aromatic N) is 1. The normalized spacial score (nSPS) is 20.8. The van der Waals surface area contributed by atoms with Crippen molar-refractivity contribution in [2.75, 3.05) is 7.11 Å². The zero-order chi connectivity index (χ0) is 16.9. The minimum absolute atomic E-state index is 0.706. The lowest BCUT2D eigenvalue weighted by Gasteiger charge is -2.28. The number of aromatic nitrogens is 1. The molecule has 1 fully saturated rings. The Labute approximate surface area is 146 Å². The van der Waals surface area contributed by atoms with Crippen molar-refractivity contribution in [2.24, 2.45) is 5.92 Å². The summed E-state index contributed by atoms with van der Waals surface area (Å²) in [6.07, 6.45) is 10.3. The Balaban J connectivity index is 1.69. The zero-order valence-corrected chi connectivity index (χ0v) is 15.2. The van der Waals surface area contributed by atoms with Gasteiger partial charge in [-0.3, -0.25) is 4.98 Å². The van der Waals surface area contributed by atoms with Crippen LogP contribution in [-0.4, -0.2) is 12.1 Å². The van der Waals surface area contributed by atoms with Crippen LogP contribution in [0.4, 0.5) is 0 Å². The van der Waals surface area contributed by atoms with Crippen molar-refractivity contribution in [3.63, 3.8) is 0 Å². The van der Waals surface area contributed by atoms with Crippen LogP contribution < -0.4 is 4.74 Å². The lowest BCUT2D eigenvalue weighted by molar-refractivity contribution is 0.308. The molecule has 0 amide bonds. The molecular weight excluding hydrogens is 294 g/mol. The molecule has 2 heteroatoms. The molecular formula is C22H29NO. The van der Waals surface area contributed by atoms with Crippen LogP contribution in [-0.2, 0) is 0 Å². The second-order valence-corrected chi connectivity index (χ2v) is 7.17. The Morgan fingerprint density at radius 1 is 1.08 bits per heavy atom. The van der Waals surface area contributed by atoms with Crippen LogP contribution in [0.1, 0.15) is 62.5 Å². The van der Waals surface area contributed by atoms with Crippen molar-refractivity contribution >= 4 is 0 Å². The summed E-state index contributed by atoms with van der Waals surface area (Å²) in [6, 6.07) is 10.7. The SMILES string of the molecule is CCCC1CCC(c2ccc(-c3ccc(OC)c(C)c3)nc2)CC1. The van der Waals surface area contributed by atoms with Gasteiger partial charge in [0.1, 0.15) is 5.75 Å². The van der Waals surface area contributed by atoms with Gasteiger partial charge in [-0.05, 0) is 79.8 Å². The standard InChI is InChI=1S/C22H29NO/c1-4-5-17-6-8-18(9-7-17)20-10-12-21(23-15-20)19-11-13-22(24-3)16(2)14-19/h10-15,17-18H,4-9H2,1-3H3. The number of hydrogen-bond acceptors (Lipinski definition) is 2. The quantitative estimate of drug-likeness (QED) is 0.659. The Morgan fingerprint density at radius 3 is 2.46 bits per heavy atom. The monoisotopic (exact) mass is 323 g/mol. The predicted octanol–water partition coefficient (Wildman–Crippen LogP) is 6.14. The molecule has 1 aliphatic carbocycles. The van der Waals surface area contributed by atoms with Gasteiger partial charge in [-0.15, -0.1) is 0 Å². The molecule has 0 radical (unpaired) electrons. The van der Waals surface area contributed by atoms with Crippen LogP contribution in [0.5, 0.6) is 5.75 Å². The van der Waals surface area contributed by atoms with E-state index < -0.39 is 0 Å². The molecule has 2 aromatic rings. The Hall–Kier alpha value is -1.83. The van der Waals surface area contributed by atoms with Crippen LogP contribution in [0.15, 0.2) is 36.5 Å². The van der Waals surface area contributed by atoms with E-state index in [-0.39, 0.29) is 0 Å². The molecule has 3 rings (SSSR count). The van der Waals surface area contributed by atoms with Crippen molar-refractivity contribution in [2.45, 2.75) is 58.3 Å². The highest BCUT2D eigenvalue weighted by atomic mass is 16.5. The predicted molar refractivity (Wildman–Crippen MR) is 101 cm³/mol. The first-order valence-electron chi connectivity index (χ1n) is 9.32. The van der Waals surface area contributed by atoms with Crippen molar-refractivity contribution < 1.29 is 4.74 Å². The van der Waals surface area contributed by atoms with Gasteiger partial charge in [-0.2, -0.15) is 0 Å². The number of hydrogen-bond donors (Lipinski definition) is 0. The summed E-state index contributed by atoms with van der Waals surface area (Å²) in [7, 11) is 1.71. The lowest BCUT2D eigenvalue weighted by atomic mass is 9.77. The molecule has 0 spiro atoms. The van der Waals surface area contributed by atoms with E-state index in [9.17, 15) is 0 Å². The lowest BCUT2D eigenvalue weighted by Crippen LogP contribution is -2.13. The molecule has 1 aromatic carbocycles. The first kappa shape index (κ1) is 17.0. The molecule has 2 nitrogen and oxygen atoms in total. The fourth-order valence-corrected chi connectivity index (χ4v) is 4.05. The number of aryl methyl sites for hydroxylation is 1.